The molecule has 1 fully saturated rings. The van der Waals surface area contributed by atoms with Gasteiger partial charge in [-0.2, -0.15) is 0 Å². The maximum absolute atomic E-state index is 13.9. The summed E-state index contributed by atoms with van der Waals surface area (Å²) in [5, 5.41) is 0. The first kappa shape index (κ1) is 28.1. The van der Waals surface area contributed by atoms with Gasteiger partial charge in [-0.1, -0.05) is 128 Å². The van der Waals surface area contributed by atoms with E-state index in [1.54, 1.807) is 0 Å². The lowest BCUT2D eigenvalue weighted by Gasteiger charge is -2.30. The molecule has 1 saturated carbocycles. The van der Waals surface area contributed by atoms with E-state index in [-0.39, 0.29) is 28.3 Å². The fraction of sp³-hybridized carbons (Fsp3) is 0.457. The maximum Gasteiger partial charge on any atom is 0.320 e. The number of benzene rings is 3. The predicted molar refractivity (Wildman–Crippen MR) is 157 cm³/mol. The first-order valence-electron chi connectivity index (χ1n) is 13.7. The second-order valence-corrected chi connectivity index (χ2v) is 13.8. The van der Waals surface area contributed by atoms with Gasteiger partial charge >= 0.3 is 5.97 Å². The van der Waals surface area contributed by atoms with Gasteiger partial charge in [0.05, 0.1) is 18.1 Å². The molecule has 0 amide bonds. The van der Waals surface area contributed by atoms with Gasteiger partial charge in [0.15, 0.2) is 0 Å². The minimum Gasteiger partial charge on any atom is -0.425 e. The monoisotopic (exact) mass is 512 g/mol. The van der Waals surface area contributed by atoms with E-state index >= 15 is 0 Å². The molecule has 3 nitrogen and oxygen atoms in total. The molecule has 38 heavy (non-hydrogen) atoms. The summed E-state index contributed by atoms with van der Waals surface area (Å²) < 4.78 is 12.8. The number of esters is 1. The molecule has 0 radical (unpaired) electrons. The average molecular weight is 513 g/mol. The first-order chi connectivity index (χ1) is 17.6. The molecule has 3 heteroatoms. The molecule has 2 unspecified atom stereocenters. The smallest absolute Gasteiger partial charge is 0.320 e. The van der Waals surface area contributed by atoms with Crippen LogP contribution in [0.1, 0.15) is 84.6 Å². The van der Waals surface area contributed by atoms with Crippen LogP contribution >= 0.6 is 0 Å². The van der Waals surface area contributed by atoms with Gasteiger partial charge in [-0.05, 0) is 41.4 Å². The molecule has 0 N–H and O–H groups in total. The van der Waals surface area contributed by atoms with Crippen LogP contribution in [0.15, 0.2) is 66.7 Å². The Bertz CT molecular complexity index is 1270. The molecule has 3 aromatic carbocycles. The predicted octanol–water partition coefficient (Wildman–Crippen LogP) is 8.79. The van der Waals surface area contributed by atoms with E-state index in [1.807, 2.05) is 25.1 Å². The summed E-state index contributed by atoms with van der Waals surface area (Å²) in [6.45, 7) is 21.8. The van der Waals surface area contributed by atoms with Crippen molar-refractivity contribution in [3.8, 4) is 16.9 Å². The van der Waals surface area contributed by atoms with Crippen LogP contribution in [0.4, 0.5) is 0 Å². The van der Waals surface area contributed by atoms with Gasteiger partial charge in [0.1, 0.15) is 5.75 Å². The number of carbonyl (C=O) groups is 1. The van der Waals surface area contributed by atoms with Gasteiger partial charge in [0.2, 0.25) is 0 Å². The molecule has 0 aliphatic heterocycles. The highest BCUT2D eigenvalue weighted by Gasteiger charge is 2.75. The lowest BCUT2D eigenvalue weighted by atomic mass is 9.78. The Labute approximate surface area is 229 Å². The van der Waals surface area contributed by atoms with Crippen LogP contribution in [0.5, 0.6) is 5.75 Å². The molecule has 0 bridgehead atoms. The lowest BCUT2D eigenvalue weighted by Crippen LogP contribution is -2.29. The van der Waals surface area contributed by atoms with Crippen LogP contribution < -0.4 is 4.74 Å². The van der Waals surface area contributed by atoms with Crippen molar-refractivity contribution >= 4 is 5.97 Å². The van der Waals surface area contributed by atoms with Crippen LogP contribution in [0, 0.1) is 17.8 Å². The van der Waals surface area contributed by atoms with Crippen molar-refractivity contribution in [1.29, 1.82) is 0 Å². The van der Waals surface area contributed by atoms with Crippen LogP contribution in [-0.4, -0.2) is 12.1 Å². The van der Waals surface area contributed by atoms with Crippen LogP contribution in [-0.2, 0) is 27.0 Å². The fourth-order valence-electron chi connectivity index (χ4n) is 5.47. The third-order valence-electron chi connectivity index (χ3n) is 8.38. The highest BCUT2D eigenvalue weighted by Crippen LogP contribution is 2.65. The summed E-state index contributed by atoms with van der Waals surface area (Å²) in [6.07, 6.45) is -0.224. The normalized spacial score (nSPS) is 20.7. The van der Waals surface area contributed by atoms with Crippen LogP contribution in [0.2, 0.25) is 0 Å². The third kappa shape index (κ3) is 5.18. The Morgan fingerprint density at radius 3 is 1.79 bits per heavy atom. The summed E-state index contributed by atoms with van der Waals surface area (Å²) >= 11 is 0. The number of ether oxygens (including phenoxy) is 2. The van der Waals surface area contributed by atoms with Crippen molar-refractivity contribution in [2.45, 2.75) is 92.8 Å². The average Bonchev–Trinajstić information content (AvgIpc) is 3.29. The number of carbonyl (C=O) groups excluding carboxylic acids is 1. The molecule has 202 valence electrons. The summed E-state index contributed by atoms with van der Waals surface area (Å²) in [5.41, 5.74) is 5.38. The van der Waals surface area contributed by atoms with E-state index < -0.39 is 5.41 Å². The van der Waals surface area contributed by atoms with Gasteiger partial charge in [0, 0.05) is 16.5 Å². The first-order valence-corrected chi connectivity index (χ1v) is 13.7. The van der Waals surface area contributed by atoms with Gasteiger partial charge in [-0.3, -0.25) is 4.79 Å². The van der Waals surface area contributed by atoms with E-state index in [0.29, 0.717) is 12.4 Å². The van der Waals surface area contributed by atoms with E-state index in [4.69, 9.17) is 9.47 Å². The Balaban J connectivity index is 1.54. The largest absolute Gasteiger partial charge is 0.425 e. The summed E-state index contributed by atoms with van der Waals surface area (Å²) in [4.78, 5) is 13.9. The molecule has 3 aromatic rings. The zero-order chi connectivity index (χ0) is 28.1. The zero-order valence-electron chi connectivity index (χ0n) is 24.9. The molecule has 1 aliphatic carbocycles. The SMILES string of the molecule is Cc1cc(C(C)(C)C)c(OC(=O)C2(C)C(OCc3ccc(-c4ccccc4)cc3)C2(C)C)c(C(C)(C)C)c1. The third-order valence-corrected chi connectivity index (χ3v) is 8.38. The van der Waals surface area contributed by atoms with Crippen molar-refractivity contribution < 1.29 is 14.3 Å². The molecule has 0 aromatic heterocycles. The Morgan fingerprint density at radius 2 is 1.29 bits per heavy atom. The second-order valence-electron chi connectivity index (χ2n) is 13.8. The summed E-state index contributed by atoms with van der Waals surface area (Å²) in [7, 11) is 0. The second kappa shape index (κ2) is 9.68. The maximum atomic E-state index is 13.9. The quantitative estimate of drug-likeness (QED) is 0.244. The Morgan fingerprint density at radius 1 is 0.789 bits per heavy atom. The summed E-state index contributed by atoms with van der Waals surface area (Å²) in [6, 6.07) is 23.1. The van der Waals surface area contributed by atoms with E-state index in [1.165, 1.54) is 16.7 Å². The van der Waals surface area contributed by atoms with Crippen molar-refractivity contribution in [3.05, 3.63) is 89.0 Å². The molecule has 0 saturated heterocycles. The minimum absolute atomic E-state index is 0.163. The Kier molecular flexibility index (Phi) is 7.16. The molecule has 2 atom stereocenters. The Hall–Kier alpha value is -2.91. The molecular weight excluding hydrogens is 468 g/mol. The van der Waals surface area contributed by atoms with E-state index in [0.717, 1.165) is 16.7 Å². The topological polar surface area (TPSA) is 35.5 Å². The van der Waals surface area contributed by atoms with Crippen LogP contribution in [0.25, 0.3) is 11.1 Å². The molecular formula is C35H44O3. The molecule has 0 spiro atoms. The number of rotatable bonds is 6. The van der Waals surface area contributed by atoms with Crippen LogP contribution in [0.3, 0.4) is 0 Å². The summed E-state index contributed by atoms with van der Waals surface area (Å²) in [5.74, 6) is 0.492. The van der Waals surface area contributed by atoms with Gasteiger partial charge in [-0.15, -0.1) is 0 Å². The lowest BCUT2D eigenvalue weighted by molar-refractivity contribution is -0.142. The standard InChI is InChI=1S/C35H44O3/c1-23-20-27(32(2,3)4)29(28(21-23)33(5,6)7)38-31(36)35(10)30(34(35,8)9)37-22-24-16-18-26(19-17-24)25-14-12-11-13-15-25/h11-21,30H,22H2,1-10H3. The fourth-order valence-corrected chi connectivity index (χ4v) is 5.47. The van der Waals surface area contributed by atoms with Crippen molar-refractivity contribution in [1.82, 2.24) is 0 Å². The van der Waals surface area contributed by atoms with E-state index in [9.17, 15) is 4.79 Å². The van der Waals surface area contributed by atoms with Crippen molar-refractivity contribution in [2.24, 2.45) is 10.8 Å². The van der Waals surface area contributed by atoms with Crippen molar-refractivity contribution in [3.63, 3.8) is 0 Å². The van der Waals surface area contributed by atoms with Gasteiger partial charge in [-0.25, -0.2) is 0 Å². The van der Waals surface area contributed by atoms with Crippen molar-refractivity contribution in [2.75, 3.05) is 0 Å². The zero-order valence-corrected chi connectivity index (χ0v) is 24.9. The number of hydrogen-bond acceptors (Lipinski definition) is 3. The van der Waals surface area contributed by atoms with E-state index in [2.05, 4.69) is 111 Å². The highest BCUT2D eigenvalue weighted by molar-refractivity contribution is 5.85. The number of hydrogen-bond donors (Lipinski definition) is 0. The molecule has 1 aliphatic rings. The minimum atomic E-state index is -0.730. The molecule has 0 heterocycles. The highest BCUT2D eigenvalue weighted by atomic mass is 16.5. The van der Waals surface area contributed by atoms with Gasteiger partial charge < -0.3 is 9.47 Å². The molecule has 4 rings (SSSR count). The number of aryl methyl sites for hydroxylation is 1. The van der Waals surface area contributed by atoms with Gasteiger partial charge in [0.25, 0.3) is 0 Å².